The lowest BCUT2D eigenvalue weighted by molar-refractivity contribution is -0.141. The molecular formula is C32H41BrN2O10. The standard InChI is InChI=1S/C21H21NO5.C8H15NO5.C3H5Br/c1-2-11-26-13-19(20(23)24)22-21(25)27-12-18-16-9-5-3-7-14(16)15-8-4-6-10-17(15)18;1-8(2,3)14-7(13)9-5(4-10)6(11)12;1-2-3-4/h2-10,18-19H,1,11-13H2,(H,22,25)(H,23,24);5,10H,4H2,1-3H3,(H,9,13)(H,11,12);2H,1,3H2/t19-;5-;/m00./s1. The second kappa shape index (κ2) is 20.0. The third kappa shape index (κ3) is 14.0. The summed E-state index contributed by atoms with van der Waals surface area (Å²) in [5, 5.41) is 31.5. The van der Waals surface area contributed by atoms with E-state index in [9.17, 15) is 24.3 Å². The smallest absolute Gasteiger partial charge is 0.408 e. The summed E-state index contributed by atoms with van der Waals surface area (Å²) in [5.41, 5.74) is 3.75. The quantitative estimate of drug-likeness (QED) is 0.119. The van der Waals surface area contributed by atoms with Crippen molar-refractivity contribution in [3.8, 4) is 11.1 Å². The van der Waals surface area contributed by atoms with Crippen LogP contribution in [0, 0.1) is 0 Å². The Hall–Kier alpha value is -4.20. The number of carbonyl (C=O) groups excluding carboxylic acids is 2. The number of amides is 2. The van der Waals surface area contributed by atoms with Crippen molar-refractivity contribution in [2.24, 2.45) is 0 Å². The maximum Gasteiger partial charge on any atom is 0.408 e. The fourth-order valence-electron chi connectivity index (χ4n) is 3.86. The molecule has 13 heteroatoms. The number of fused-ring (bicyclic) bond motifs is 3. The van der Waals surface area contributed by atoms with Crippen molar-refractivity contribution in [2.75, 3.05) is 31.8 Å². The number of nitrogens with one attached hydrogen (secondary N) is 2. The van der Waals surface area contributed by atoms with Crippen molar-refractivity contribution < 1.29 is 48.7 Å². The van der Waals surface area contributed by atoms with Crippen LogP contribution in [0.3, 0.4) is 0 Å². The van der Waals surface area contributed by atoms with E-state index >= 15 is 0 Å². The molecule has 0 radical (unpaired) electrons. The minimum atomic E-state index is -1.33. The predicted octanol–water partition coefficient (Wildman–Crippen LogP) is 4.70. The minimum Gasteiger partial charge on any atom is -0.480 e. The molecule has 3 rings (SSSR count). The summed E-state index contributed by atoms with van der Waals surface area (Å²) in [5.74, 6) is -2.57. The van der Waals surface area contributed by atoms with Gasteiger partial charge in [0.25, 0.3) is 0 Å². The highest BCUT2D eigenvalue weighted by Gasteiger charge is 2.30. The normalized spacial score (nSPS) is 12.6. The Bertz CT molecular complexity index is 1250. The molecular weight excluding hydrogens is 652 g/mol. The number of alkyl halides is 1. The Kier molecular flexibility index (Phi) is 17.2. The molecule has 0 aliphatic heterocycles. The van der Waals surface area contributed by atoms with Crippen molar-refractivity contribution >= 4 is 40.1 Å². The van der Waals surface area contributed by atoms with Gasteiger partial charge in [0, 0.05) is 11.2 Å². The van der Waals surface area contributed by atoms with Gasteiger partial charge in [-0.1, -0.05) is 76.6 Å². The van der Waals surface area contributed by atoms with Gasteiger partial charge in [0.15, 0.2) is 12.1 Å². The van der Waals surface area contributed by atoms with Crippen molar-refractivity contribution in [1.82, 2.24) is 10.6 Å². The molecule has 0 aromatic heterocycles. The van der Waals surface area contributed by atoms with Gasteiger partial charge in [-0.15, -0.1) is 13.2 Å². The zero-order chi connectivity index (χ0) is 34.0. The van der Waals surface area contributed by atoms with Crippen molar-refractivity contribution in [3.05, 3.63) is 85.0 Å². The first kappa shape index (κ1) is 38.8. The number of carbonyl (C=O) groups is 4. The van der Waals surface area contributed by atoms with Crippen LogP contribution in [0.25, 0.3) is 11.1 Å². The van der Waals surface area contributed by atoms with Crippen LogP contribution in [0.4, 0.5) is 9.59 Å². The molecule has 1 aliphatic carbocycles. The average molecular weight is 694 g/mol. The van der Waals surface area contributed by atoms with Gasteiger partial charge >= 0.3 is 24.1 Å². The summed E-state index contributed by atoms with van der Waals surface area (Å²) in [6, 6.07) is 13.5. The van der Waals surface area contributed by atoms with Crippen LogP contribution in [-0.2, 0) is 23.8 Å². The molecule has 0 saturated heterocycles. The number of alkyl carbamates (subject to hydrolysis) is 2. The Balaban J connectivity index is 0.000000473. The Morgan fingerprint density at radius 2 is 1.38 bits per heavy atom. The molecule has 2 atom stereocenters. The van der Waals surface area contributed by atoms with Crippen LogP contribution in [0.2, 0.25) is 0 Å². The highest BCUT2D eigenvalue weighted by Crippen LogP contribution is 2.44. The van der Waals surface area contributed by atoms with E-state index in [0.717, 1.165) is 27.6 Å². The van der Waals surface area contributed by atoms with Gasteiger partial charge in [-0.25, -0.2) is 19.2 Å². The summed E-state index contributed by atoms with van der Waals surface area (Å²) in [4.78, 5) is 44.8. The third-order valence-corrected chi connectivity index (χ3v) is 6.19. The van der Waals surface area contributed by atoms with E-state index in [0.29, 0.717) is 0 Å². The monoisotopic (exact) mass is 692 g/mol. The number of ether oxygens (including phenoxy) is 3. The van der Waals surface area contributed by atoms with Gasteiger partial charge < -0.3 is 40.2 Å². The van der Waals surface area contributed by atoms with Crippen molar-refractivity contribution in [2.45, 2.75) is 44.4 Å². The van der Waals surface area contributed by atoms with E-state index in [1.165, 1.54) is 6.08 Å². The topological polar surface area (TPSA) is 181 Å². The first-order valence-corrected chi connectivity index (χ1v) is 14.9. The van der Waals surface area contributed by atoms with Crippen LogP contribution < -0.4 is 10.6 Å². The second-order valence-corrected chi connectivity index (χ2v) is 11.0. The fourth-order valence-corrected chi connectivity index (χ4v) is 3.86. The molecule has 1 aliphatic rings. The van der Waals surface area contributed by atoms with Gasteiger partial charge in [0.2, 0.25) is 0 Å². The maximum absolute atomic E-state index is 12.1. The number of allylic oxidation sites excluding steroid dienone is 1. The summed E-state index contributed by atoms with van der Waals surface area (Å²) in [6.45, 7) is 11.4. The first-order chi connectivity index (χ1) is 21.3. The highest BCUT2D eigenvalue weighted by molar-refractivity contribution is 9.09. The first-order valence-electron chi connectivity index (χ1n) is 13.8. The molecule has 0 fully saturated rings. The van der Waals surface area contributed by atoms with E-state index < -0.39 is 48.4 Å². The molecule has 2 amide bonds. The lowest BCUT2D eigenvalue weighted by Crippen LogP contribution is -2.45. The summed E-state index contributed by atoms with van der Waals surface area (Å²) in [7, 11) is 0. The Morgan fingerprint density at radius 1 is 0.889 bits per heavy atom. The molecule has 246 valence electrons. The van der Waals surface area contributed by atoms with Crippen LogP contribution in [0.15, 0.2) is 73.8 Å². The molecule has 0 bridgehead atoms. The predicted molar refractivity (Wildman–Crippen MR) is 173 cm³/mol. The van der Waals surface area contributed by atoms with E-state index in [2.05, 4.69) is 34.4 Å². The maximum atomic E-state index is 12.1. The van der Waals surface area contributed by atoms with Gasteiger partial charge in [-0.05, 0) is 43.0 Å². The van der Waals surface area contributed by atoms with E-state index in [4.69, 9.17) is 24.4 Å². The highest BCUT2D eigenvalue weighted by atomic mass is 79.9. The van der Waals surface area contributed by atoms with E-state index in [-0.39, 0.29) is 25.7 Å². The molecule has 0 spiro atoms. The molecule has 2 aromatic rings. The number of aliphatic hydroxyl groups is 1. The number of hydrogen-bond donors (Lipinski definition) is 5. The third-order valence-electron chi connectivity index (χ3n) is 5.73. The van der Waals surface area contributed by atoms with Gasteiger partial charge in [0.05, 0.1) is 19.8 Å². The number of carboxylic acids is 2. The van der Waals surface area contributed by atoms with Crippen molar-refractivity contribution in [3.63, 3.8) is 0 Å². The molecule has 5 N–H and O–H groups in total. The molecule has 2 aromatic carbocycles. The molecule has 0 unspecified atom stereocenters. The molecule has 0 heterocycles. The fraction of sp³-hybridized carbons (Fsp3) is 0.375. The number of halogens is 1. The molecule has 12 nitrogen and oxygen atoms in total. The Labute approximate surface area is 271 Å². The number of aliphatic carboxylic acids is 2. The zero-order valence-electron chi connectivity index (χ0n) is 25.5. The number of carboxylic acid groups (broad SMARTS) is 2. The summed E-state index contributed by atoms with van der Waals surface area (Å²) in [6.07, 6.45) is 1.65. The van der Waals surface area contributed by atoms with E-state index in [1.54, 1.807) is 26.8 Å². The lowest BCUT2D eigenvalue weighted by Gasteiger charge is -2.21. The number of aliphatic hydroxyl groups excluding tert-OH is 1. The van der Waals surface area contributed by atoms with Crippen LogP contribution in [-0.4, -0.2) is 88.9 Å². The van der Waals surface area contributed by atoms with Crippen LogP contribution >= 0.6 is 15.9 Å². The average Bonchev–Trinajstić information content (AvgIpc) is 3.31. The SMILES string of the molecule is C=CCBr.C=CCOC[C@H](NC(=O)OCC1c2ccccc2-c2ccccc21)C(=O)O.CC(C)(C)OC(=O)N[C@@H](CO)C(=O)O. The number of hydrogen-bond acceptors (Lipinski definition) is 8. The van der Waals surface area contributed by atoms with E-state index in [1.807, 2.05) is 53.8 Å². The second-order valence-electron chi connectivity index (χ2n) is 10.3. The molecule has 0 saturated carbocycles. The molecule has 45 heavy (non-hydrogen) atoms. The number of rotatable bonds is 12. The van der Waals surface area contributed by atoms with Gasteiger partial charge in [-0.3, -0.25) is 0 Å². The summed E-state index contributed by atoms with van der Waals surface area (Å²) < 4.78 is 15.2. The minimum absolute atomic E-state index is 0.0801. The Morgan fingerprint density at radius 3 is 1.80 bits per heavy atom. The van der Waals surface area contributed by atoms with Gasteiger partial charge in [-0.2, -0.15) is 0 Å². The number of benzene rings is 2. The zero-order valence-corrected chi connectivity index (χ0v) is 27.1. The summed E-state index contributed by atoms with van der Waals surface area (Å²) >= 11 is 3.13. The van der Waals surface area contributed by atoms with Crippen LogP contribution in [0.1, 0.15) is 37.8 Å². The van der Waals surface area contributed by atoms with Gasteiger partial charge in [0.1, 0.15) is 12.2 Å². The largest absolute Gasteiger partial charge is 0.480 e. The van der Waals surface area contributed by atoms with Crippen LogP contribution in [0.5, 0.6) is 0 Å². The lowest BCUT2D eigenvalue weighted by atomic mass is 9.98. The van der Waals surface area contributed by atoms with Crippen molar-refractivity contribution in [1.29, 1.82) is 0 Å².